The Balaban J connectivity index is 2.02. The van der Waals surface area contributed by atoms with Crippen molar-refractivity contribution in [2.75, 3.05) is 26.2 Å². The molecule has 0 bridgehead atoms. The van der Waals surface area contributed by atoms with Gasteiger partial charge in [0.05, 0.1) is 5.75 Å². The van der Waals surface area contributed by atoms with Crippen LogP contribution in [0.1, 0.15) is 26.3 Å². The maximum absolute atomic E-state index is 12.5. The lowest BCUT2D eigenvalue weighted by molar-refractivity contribution is -0.140. The summed E-state index contributed by atoms with van der Waals surface area (Å²) < 4.78 is 26.5. The number of piperazine rings is 1. The number of carbonyl (C=O) groups is 1. The van der Waals surface area contributed by atoms with E-state index in [2.05, 4.69) is 0 Å². The van der Waals surface area contributed by atoms with Crippen molar-refractivity contribution >= 4 is 27.5 Å². The van der Waals surface area contributed by atoms with Gasteiger partial charge in [0.25, 0.3) is 0 Å². The van der Waals surface area contributed by atoms with Gasteiger partial charge >= 0.3 is 0 Å². The first-order valence-electron chi connectivity index (χ1n) is 7.62. The molecule has 0 saturated carbocycles. The Hall–Kier alpha value is -1.11. The highest BCUT2D eigenvalue weighted by Crippen LogP contribution is 2.22. The van der Waals surface area contributed by atoms with Crippen LogP contribution in [0.2, 0.25) is 5.02 Å². The van der Waals surface area contributed by atoms with Crippen LogP contribution >= 0.6 is 11.6 Å². The summed E-state index contributed by atoms with van der Waals surface area (Å²) in [5.74, 6) is -0.0551. The molecule has 128 valence electrons. The van der Waals surface area contributed by atoms with E-state index in [1.807, 2.05) is 20.8 Å². The van der Waals surface area contributed by atoms with Gasteiger partial charge < -0.3 is 4.90 Å². The number of sulfonamides is 1. The van der Waals surface area contributed by atoms with Crippen molar-refractivity contribution in [2.45, 2.75) is 26.5 Å². The highest BCUT2D eigenvalue weighted by molar-refractivity contribution is 7.88. The van der Waals surface area contributed by atoms with E-state index in [-0.39, 0.29) is 11.7 Å². The Morgan fingerprint density at radius 2 is 1.70 bits per heavy atom. The molecule has 1 heterocycles. The zero-order chi connectivity index (χ0) is 17.3. The van der Waals surface area contributed by atoms with Crippen molar-refractivity contribution in [3.05, 3.63) is 34.9 Å². The molecule has 0 aliphatic carbocycles. The fraction of sp³-hybridized carbons (Fsp3) is 0.562. The Kier molecular flexibility index (Phi) is 5.38. The predicted octanol–water partition coefficient (Wildman–Crippen LogP) is 2.36. The fourth-order valence-electron chi connectivity index (χ4n) is 2.55. The van der Waals surface area contributed by atoms with E-state index in [0.29, 0.717) is 36.8 Å². The average molecular weight is 359 g/mol. The van der Waals surface area contributed by atoms with Crippen molar-refractivity contribution in [2.24, 2.45) is 5.41 Å². The van der Waals surface area contributed by atoms with E-state index in [0.717, 1.165) is 0 Å². The quantitative estimate of drug-likeness (QED) is 0.833. The zero-order valence-electron chi connectivity index (χ0n) is 13.8. The number of benzene rings is 1. The maximum Gasteiger partial charge on any atom is 0.228 e. The van der Waals surface area contributed by atoms with E-state index in [9.17, 15) is 13.2 Å². The van der Waals surface area contributed by atoms with Crippen LogP contribution in [0.3, 0.4) is 0 Å². The summed E-state index contributed by atoms with van der Waals surface area (Å²) in [4.78, 5) is 14.0. The van der Waals surface area contributed by atoms with Crippen molar-refractivity contribution in [3.63, 3.8) is 0 Å². The first-order chi connectivity index (χ1) is 10.6. The normalized spacial score (nSPS) is 17.3. The molecule has 23 heavy (non-hydrogen) atoms. The minimum atomic E-state index is -3.43. The van der Waals surface area contributed by atoms with E-state index in [1.54, 1.807) is 29.2 Å². The molecular formula is C16H23ClN2O3S. The smallest absolute Gasteiger partial charge is 0.228 e. The minimum absolute atomic E-state index is 0.0562. The molecular weight excluding hydrogens is 336 g/mol. The molecule has 0 unspecified atom stereocenters. The monoisotopic (exact) mass is 358 g/mol. The lowest BCUT2D eigenvalue weighted by Crippen LogP contribution is -2.53. The molecule has 1 fully saturated rings. The molecule has 0 spiro atoms. The molecule has 1 aromatic carbocycles. The van der Waals surface area contributed by atoms with Crippen molar-refractivity contribution in [1.29, 1.82) is 0 Å². The third-order valence-electron chi connectivity index (χ3n) is 3.86. The molecule has 7 heteroatoms. The predicted molar refractivity (Wildman–Crippen MR) is 91.7 cm³/mol. The number of amides is 1. The van der Waals surface area contributed by atoms with Crippen molar-refractivity contribution < 1.29 is 13.2 Å². The molecule has 5 nitrogen and oxygen atoms in total. The van der Waals surface area contributed by atoms with Gasteiger partial charge in [0, 0.05) is 36.6 Å². The first-order valence-corrected chi connectivity index (χ1v) is 9.60. The topological polar surface area (TPSA) is 57.7 Å². The molecule has 1 aliphatic rings. The number of hydrogen-bond acceptors (Lipinski definition) is 3. The lowest BCUT2D eigenvalue weighted by atomic mass is 9.94. The summed E-state index contributed by atoms with van der Waals surface area (Å²) in [7, 11) is -3.43. The SMILES string of the molecule is CC(C)(C)C(=O)N1CCN(S(=O)(=O)Cc2ccccc2Cl)CC1. The fourth-order valence-corrected chi connectivity index (χ4v) is 4.38. The Morgan fingerprint density at radius 3 is 2.22 bits per heavy atom. The Bertz CT molecular complexity index is 675. The molecule has 1 aromatic rings. The zero-order valence-corrected chi connectivity index (χ0v) is 15.3. The molecule has 0 atom stereocenters. The number of carbonyl (C=O) groups excluding carboxylic acids is 1. The summed E-state index contributed by atoms with van der Waals surface area (Å²) in [6.45, 7) is 7.13. The summed E-state index contributed by atoms with van der Waals surface area (Å²) in [5.41, 5.74) is 0.154. The van der Waals surface area contributed by atoms with Gasteiger partial charge in [-0.1, -0.05) is 50.6 Å². The van der Waals surface area contributed by atoms with Gasteiger partial charge in [0.15, 0.2) is 0 Å². The van der Waals surface area contributed by atoms with E-state index >= 15 is 0 Å². The van der Waals surface area contributed by atoms with E-state index in [1.165, 1.54) is 4.31 Å². The second kappa shape index (κ2) is 6.79. The van der Waals surface area contributed by atoms with E-state index in [4.69, 9.17) is 11.6 Å². The average Bonchev–Trinajstić information content (AvgIpc) is 2.48. The molecule has 0 aromatic heterocycles. The van der Waals surface area contributed by atoms with Crippen LogP contribution in [-0.4, -0.2) is 49.7 Å². The van der Waals surface area contributed by atoms with Crippen LogP contribution in [0.4, 0.5) is 0 Å². The van der Waals surface area contributed by atoms with Crippen molar-refractivity contribution in [1.82, 2.24) is 9.21 Å². The van der Waals surface area contributed by atoms with Gasteiger partial charge in [-0.3, -0.25) is 4.79 Å². The molecule has 1 saturated heterocycles. The molecule has 2 rings (SSSR count). The van der Waals surface area contributed by atoms with Crippen LogP contribution in [0.25, 0.3) is 0 Å². The largest absolute Gasteiger partial charge is 0.340 e. The van der Waals surface area contributed by atoms with Crippen LogP contribution in [-0.2, 0) is 20.6 Å². The number of halogens is 1. The van der Waals surface area contributed by atoms with Crippen LogP contribution in [0.5, 0.6) is 0 Å². The van der Waals surface area contributed by atoms with Gasteiger partial charge in [-0.05, 0) is 11.6 Å². The molecule has 1 amide bonds. The highest BCUT2D eigenvalue weighted by Gasteiger charge is 2.33. The molecule has 0 N–H and O–H groups in total. The van der Waals surface area contributed by atoms with Gasteiger partial charge in [0.2, 0.25) is 15.9 Å². The summed E-state index contributed by atoms with van der Waals surface area (Å²) in [6.07, 6.45) is 0. The Morgan fingerprint density at radius 1 is 1.13 bits per heavy atom. The third-order valence-corrected chi connectivity index (χ3v) is 6.05. The minimum Gasteiger partial charge on any atom is -0.340 e. The van der Waals surface area contributed by atoms with Gasteiger partial charge in [0.1, 0.15) is 0 Å². The number of rotatable bonds is 3. The first kappa shape index (κ1) is 18.2. The van der Waals surface area contributed by atoms with Crippen LogP contribution < -0.4 is 0 Å². The lowest BCUT2D eigenvalue weighted by Gasteiger charge is -2.37. The summed E-state index contributed by atoms with van der Waals surface area (Å²) in [5, 5.41) is 0.456. The third kappa shape index (κ3) is 4.46. The number of hydrogen-bond donors (Lipinski definition) is 0. The second-order valence-electron chi connectivity index (χ2n) is 6.79. The highest BCUT2D eigenvalue weighted by atomic mass is 35.5. The summed E-state index contributed by atoms with van der Waals surface area (Å²) in [6, 6.07) is 6.96. The number of nitrogens with zero attached hydrogens (tertiary/aromatic N) is 2. The van der Waals surface area contributed by atoms with E-state index < -0.39 is 15.4 Å². The van der Waals surface area contributed by atoms with Crippen LogP contribution in [0, 0.1) is 5.41 Å². The van der Waals surface area contributed by atoms with Crippen molar-refractivity contribution in [3.8, 4) is 0 Å². The van der Waals surface area contributed by atoms with Gasteiger partial charge in [-0.25, -0.2) is 8.42 Å². The van der Waals surface area contributed by atoms with Gasteiger partial charge in [-0.15, -0.1) is 0 Å². The standard InChI is InChI=1S/C16H23ClN2O3S/c1-16(2,3)15(20)18-8-10-19(11-9-18)23(21,22)12-13-6-4-5-7-14(13)17/h4-7H,8-12H2,1-3H3. The Labute approximate surface area is 143 Å². The maximum atomic E-state index is 12.5. The molecule has 0 radical (unpaired) electrons. The van der Waals surface area contributed by atoms with Crippen LogP contribution in [0.15, 0.2) is 24.3 Å². The summed E-state index contributed by atoms with van der Waals surface area (Å²) >= 11 is 6.05. The second-order valence-corrected chi connectivity index (χ2v) is 9.16. The van der Waals surface area contributed by atoms with Gasteiger partial charge in [-0.2, -0.15) is 4.31 Å². The molecule has 1 aliphatic heterocycles.